The molecule has 132 valence electrons. The predicted octanol–water partition coefficient (Wildman–Crippen LogP) is 1.47. The van der Waals surface area contributed by atoms with E-state index in [9.17, 15) is 14.4 Å². The molecule has 7 nitrogen and oxygen atoms in total. The van der Waals surface area contributed by atoms with Crippen LogP contribution in [-0.2, 0) is 33.3 Å². The van der Waals surface area contributed by atoms with Gasteiger partial charge in [0.1, 0.15) is 18.8 Å². The Kier molecular flexibility index (Phi) is 7.00. The largest absolute Gasteiger partial charge is 0.463 e. The molecule has 23 heavy (non-hydrogen) atoms. The van der Waals surface area contributed by atoms with Gasteiger partial charge in [-0.25, -0.2) is 0 Å². The van der Waals surface area contributed by atoms with Crippen LogP contribution in [0.15, 0.2) is 0 Å². The first-order chi connectivity index (χ1) is 10.6. The molecule has 0 radical (unpaired) electrons. The van der Waals surface area contributed by atoms with Gasteiger partial charge in [-0.2, -0.15) is 0 Å². The Morgan fingerprint density at radius 2 is 1.48 bits per heavy atom. The van der Waals surface area contributed by atoms with Gasteiger partial charge < -0.3 is 18.9 Å². The van der Waals surface area contributed by atoms with Crippen molar-refractivity contribution in [2.75, 3.05) is 6.61 Å². The summed E-state index contributed by atoms with van der Waals surface area (Å²) in [6.45, 7) is 9.65. The quantitative estimate of drug-likeness (QED) is 0.557. The molecule has 0 saturated carbocycles. The number of esters is 3. The summed E-state index contributed by atoms with van der Waals surface area (Å²) < 4.78 is 21.7. The minimum atomic E-state index is -0.819. The molecule has 1 rings (SSSR count). The third kappa shape index (κ3) is 5.49. The number of carbonyl (C=O) groups is 3. The van der Waals surface area contributed by atoms with E-state index in [1.54, 1.807) is 0 Å². The second-order valence-corrected chi connectivity index (χ2v) is 6.19. The lowest BCUT2D eigenvalue weighted by Gasteiger charge is -2.45. The first-order valence-corrected chi connectivity index (χ1v) is 7.76. The van der Waals surface area contributed by atoms with Crippen LogP contribution in [0.2, 0.25) is 0 Å². The molecular weight excluding hydrogens is 304 g/mol. The van der Waals surface area contributed by atoms with Crippen molar-refractivity contribution in [3.63, 3.8) is 0 Å². The summed E-state index contributed by atoms with van der Waals surface area (Å²) in [5, 5.41) is 0. The Bertz CT molecular complexity index is 446. The molecular formula is C16H26O7. The Morgan fingerprint density at radius 1 is 0.957 bits per heavy atom. The maximum absolute atomic E-state index is 11.4. The average Bonchev–Trinajstić information content (AvgIpc) is 2.40. The van der Waals surface area contributed by atoms with E-state index in [2.05, 4.69) is 0 Å². The van der Waals surface area contributed by atoms with Crippen LogP contribution in [0.4, 0.5) is 0 Å². The first kappa shape index (κ1) is 19.4. The summed E-state index contributed by atoms with van der Waals surface area (Å²) in [7, 11) is 0. The summed E-state index contributed by atoms with van der Waals surface area (Å²) in [6.07, 6.45) is -2.37. The van der Waals surface area contributed by atoms with E-state index in [1.807, 2.05) is 20.8 Å². The van der Waals surface area contributed by atoms with Crippen LogP contribution in [-0.4, -0.2) is 48.9 Å². The van der Waals surface area contributed by atoms with E-state index in [-0.39, 0.29) is 24.5 Å². The first-order valence-electron chi connectivity index (χ1n) is 7.76. The molecule has 0 bridgehead atoms. The Morgan fingerprint density at radius 3 is 1.91 bits per heavy atom. The van der Waals surface area contributed by atoms with Crippen LogP contribution in [0.1, 0.15) is 41.5 Å². The van der Waals surface area contributed by atoms with Crippen molar-refractivity contribution >= 4 is 17.9 Å². The summed E-state index contributed by atoms with van der Waals surface area (Å²) in [6, 6.07) is 0. The molecule has 0 aromatic heterocycles. The zero-order chi connectivity index (χ0) is 17.7. The van der Waals surface area contributed by atoms with Crippen molar-refractivity contribution in [2.45, 2.75) is 66.0 Å². The van der Waals surface area contributed by atoms with Crippen LogP contribution < -0.4 is 0 Å². The summed E-state index contributed by atoms with van der Waals surface area (Å²) in [5.41, 5.74) is 0. The van der Waals surface area contributed by atoms with Crippen molar-refractivity contribution in [1.82, 2.24) is 0 Å². The van der Waals surface area contributed by atoms with Gasteiger partial charge in [0.2, 0.25) is 0 Å². The summed E-state index contributed by atoms with van der Waals surface area (Å²) in [4.78, 5) is 34.0. The molecule has 0 aromatic carbocycles. The lowest BCUT2D eigenvalue weighted by Crippen LogP contribution is -2.59. The topological polar surface area (TPSA) is 88.1 Å². The van der Waals surface area contributed by atoms with Gasteiger partial charge in [0.05, 0.1) is 6.10 Å². The zero-order valence-electron chi connectivity index (χ0n) is 14.5. The maximum atomic E-state index is 11.4. The minimum absolute atomic E-state index is 0.0685. The number of carbonyl (C=O) groups excluding carboxylic acids is 3. The Balaban J connectivity index is 3.07. The van der Waals surface area contributed by atoms with Crippen molar-refractivity contribution in [2.24, 2.45) is 11.8 Å². The molecule has 1 unspecified atom stereocenters. The Hall–Kier alpha value is -1.63. The van der Waals surface area contributed by atoms with Gasteiger partial charge in [-0.05, 0) is 5.92 Å². The van der Waals surface area contributed by atoms with E-state index in [4.69, 9.17) is 18.9 Å². The third-order valence-electron chi connectivity index (χ3n) is 3.77. The van der Waals surface area contributed by atoms with Gasteiger partial charge in [-0.1, -0.05) is 20.8 Å². The molecule has 0 spiro atoms. The molecule has 0 aliphatic carbocycles. The van der Waals surface area contributed by atoms with Crippen molar-refractivity contribution in [3.05, 3.63) is 0 Å². The highest BCUT2D eigenvalue weighted by molar-refractivity contribution is 5.67. The number of hydrogen-bond acceptors (Lipinski definition) is 7. The van der Waals surface area contributed by atoms with Crippen LogP contribution in [0.5, 0.6) is 0 Å². The second-order valence-electron chi connectivity index (χ2n) is 6.19. The van der Waals surface area contributed by atoms with Crippen LogP contribution in [0, 0.1) is 11.8 Å². The predicted molar refractivity (Wildman–Crippen MR) is 80.4 cm³/mol. The highest BCUT2D eigenvalue weighted by Crippen LogP contribution is 2.34. The molecule has 1 aliphatic heterocycles. The smallest absolute Gasteiger partial charge is 0.303 e. The molecule has 1 heterocycles. The summed E-state index contributed by atoms with van der Waals surface area (Å²) in [5.74, 6) is -1.45. The van der Waals surface area contributed by atoms with E-state index in [0.29, 0.717) is 0 Å². The number of rotatable bonds is 5. The molecule has 1 saturated heterocycles. The lowest BCUT2D eigenvalue weighted by atomic mass is 9.83. The average molecular weight is 330 g/mol. The normalized spacial score (nSPS) is 30.7. The molecule has 1 fully saturated rings. The van der Waals surface area contributed by atoms with Gasteiger partial charge in [0.15, 0.2) is 6.10 Å². The molecule has 7 heteroatoms. The monoisotopic (exact) mass is 330 g/mol. The molecule has 5 atom stereocenters. The van der Waals surface area contributed by atoms with Crippen LogP contribution in [0.3, 0.4) is 0 Å². The fraction of sp³-hybridized carbons (Fsp3) is 0.812. The molecule has 1 aliphatic rings. The number of ether oxygens (including phenoxy) is 4. The standard InChI is InChI=1S/C16H26O7/c1-8(2)14-9(3)15(21-11(5)18)16(22-12(6)19)13(23-14)7-20-10(4)17/h8-9,13-16H,7H2,1-6H3/t9-,13+,14?,15+,16+/m0/s1. The fourth-order valence-corrected chi connectivity index (χ4v) is 2.90. The van der Waals surface area contributed by atoms with E-state index in [0.717, 1.165) is 0 Å². The second kappa shape index (κ2) is 8.29. The lowest BCUT2D eigenvalue weighted by molar-refractivity contribution is -0.237. The van der Waals surface area contributed by atoms with Gasteiger partial charge in [0.25, 0.3) is 0 Å². The molecule has 0 N–H and O–H groups in total. The molecule has 0 amide bonds. The number of hydrogen-bond donors (Lipinski definition) is 0. The fourth-order valence-electron chi connectivity index (χ4n) is 2.90. The highest BCUT2D eigenvalue weighted by Gasteiger charge is 2.48. The van der Waals surface area contributed by atoms with Crippen molar-refractivity contribution in [1.29, 1.82) is 0 Å². The molecule has 0 aromatic rings. The van der Waals surface area contributed by atoms with Crippen molar-refractivity contribution < 1.29 is 33.3 Å². The van der Waals surface area contributed by atoms with Crippen molar-refractivity contribution in [3.8, 4) is 0 Å². The highest BCUT2D eigenvalue weighted by atomic mass is 16.6. The van der Waals surface area contributed by atoms with Gasteiger partial charge >= 0.3 is 17.9 Å². The van der Waals surface area contributed by atoms with E-state index >= 15 is 0 Å². The zero-order valence-corrected chi connectivity index (χ0v) is 14.5. The SMILES string of the molecule is CC(=O)OC[C@H]1OC(C(C)C)[C@H](C)[C@@H](OC(C)=O)[C@@H]1OC(C)=O. The third-order valence-corrected chi connectivity index (χ3v) is 3.77. The van der Waals surface area contributed by atoms with E-state index < -0.39 is 36.2 Å². The Labute approximate surface area is 136 Å². The van der Waals surface area contributed by atoms with Gasteiger partial charge in [0, 0.05) is 26.7 Å². The summed E-state index contributed by atoms with van der Waals surface area (Å²) >= 11 is 0. The van der Waals surface area contributed by atoms with Gasteiger partial charge in [-0.3, -0.25) is 14.4 Å². The maximum Gasteiger partial charge on any atom is 0.303 e. The van der Waals surface area contributed by atoms with Crippen LogP contribution >= 0.6 is 0 Å². The van der Waals surface area contributed by atoms with Crippen LogP contribution in [0.25, 0.3) is 0 Å². The van der Waals surface area contributed by atoms with Gasteiger partial charge in [-0.15, -0.1) is 0 Å². The van der Waals surface area contributed by atoms with E-state index in [1.165, 1.54) is 20.8 Å². The minimum Gasteiger partial charge on any atom is -0.463 e.